The highest BCUT2D eigenvalue weighted by atomic mass is 16.6. The Morgan fingerprint density at radius 2 is 1.69 bits per heavy atom. The Kier molecular flexibility index (Phi) is 7.33. The predicted octanol–water partition coefficient (Wildman–Crippen LogP) is 4.82. The quantitative estimate of drug-likeness (QED) is 0.463. The molecule has 5 aliphatic rings. The molecule has 0 amide bonds. The number of carbonyl (C=O) groups is 1. The van der Waals surface area contributed by atoms with E-state index >= 15 is 0 Å². The van der Waals surface area contributed by atoms with Crippen molar-refractivity contribution in [1.29, 1.82) is 0 Å². The number of aliphatic hydroxyl groups is 3. The molecular weight excluding hydrogens is 456 g/mol. The van der Waals surface area contributed by atoms with E-state index in [1.54, 1.807) is 0 Å². The zero-order valence-corrected chi connectivity index (χ0v) is 23.0. The van der Waals surface area contributed by atoms with Crippen LogP contribution in [0.5, 0.6) is 0 Å². The molecule has 0 aromatic rings. The molecule has 12 atom stereocenters. The van der Waals surface area contributed by atoms with Gasteiger partial charge in [0.05, 0.1) is 18.8 Å². The van der Waals surface area contributed by atoms with Crippen LogP contribution in [0.15, 0.2) is 0 Å². The zero-order valence-electron chi connectivity index (χ0n) is 23.0. The Hall–Kier alpha value is -0.690. The van der Waals surface area contributed by atoms with Gasteiger partial charge < -0.3 is 24.8 Å². The summed E-state index contributed by atoms with van der Waals surface area (Å²) in [6, 6.07) is 0. The summed E-state index contributed by atoms with van der Waals surface area (Å²) >= 11 is 0. The van der Waals surface area contributed by atoms with Crippen molar-refractivity contribution >= 4 is 5.97 Å². The summed E-state index contributed by atoms with van der Waals surface area (Å²) in [6.07, 6.45) is 9.41. The van der Waals surface area contributed by atoms with Gasteiger partial charge in [0, 0.05) is 19.3 Å². The van der Waals surface area contributed by atoms with Gasteiger partial charge in [-0.3, -0.25) is 4.79 Å². The van der Waals surface area contributed by atoms with Gasteiger partial charge in [0.2, 0.25) is 0 Å². The van der Waals surface area contributed by atoms with Crippen LogP contribution in [0.1, 0.15) is 105 Å². The monoisotopic (exact) mass is 506 g/mol. The molecule has 3 N–H and O–H groups in total. The van der Waals surface area contributed by atoms with E-state index in [1.165, 1.54) is 25.7 Å². The van der Waals surface area contributed by atoms with Gasteiger partial charge in [0.25, 0.3) is 0 Å². The van der Waals surface area contributed by atoms with Crippen molar-refractivity contribution in [2.75, 3.05) is 6.61 Å². The first-order valence-electron chi connectivity index (χ1n) is 14.8. The van der Waals surface area contributed by atoms with Crippen molar-refractivity contribution in [2.45, 2.75) is 129 Å². The lowest BCUT2D eigenvalue weighted by atomic mass is 9.43. The highest BCUT2D eigenvalue weighted by molar-refractivity contribution is 5.69. The van der Waals surface area contributed by atoms with Gasteiger partial charge in [-0.2, -0.15) is 0 Å². The molecule has 0 spiro atoms. The number of hydrogen-bond donors (Lipinski definition) is 3. The smallest absolute Gasteiger partial charge is 0.306 e. The Labute approximate surface area is 217 Å². The van der Waals surface area contributed by atoms with Crippen LogP contribution in [0, 0.1) is 46.3 Å². The summed E-state index contributed by atoms with van der Waals surface area (Å²) in [7, 11) is 0. The van der Waals surface area contributed by atoms with Gasteiger partial charge in [0.15, 0.2) is 6.29 Å². The Balaban J connectivity index is 1.22. The van der Waals surface area contributed by atoms with Crippen molar-refractivity contribution in [2.24, 2.45) is 46.3 Å². The van der Waals surface area contributed by atoms with Crippen molar-refractivity contribution < 1.29 is 29.6 Å². The molecule has 6 nitrogen and oxygen atoms in total. The Morgan fingerprint density at radius 1 is 0.972 bits per heavy atom. The molecule has 36 heavy (non-hydrogen) atoms. The molecule has 1 heterocycles. The van der Waals surface area contributed by atoms with E-state index in [9.17, 15) is 20.1 Å². The van der Waals surface area contributed by atoms with Crippen LogP contribution in [-0.4, -0.2) is 52.0 Å². The Bertz CT molecular complexity index is 817. The summed E-state index contributed by atoms with van der Waals surface area (Å²) in [5, 5.41) is 31.6. The summed E-state index contributed by atoms with van der Waals surface area (Å²) in [5.41, 5.74) is -0.160. The minimum Gasteiger partial charge on any atom is -0.459 e. The van der Waals surface area contributed by atoms with E-state index in [0.717, 1.165) is 32.1 Å². The van der Waals surface area contributed by atoms with Gasteiger partial charge in [-0.1, -0.05) is 20.8 Å². The van der Waals surface area contributed by atoms with Gasteiger partial charge in [-0.05, 0) is 111 Å². The number of ether oxygens (including phenoxy) is 2. The summed E-state index contributed by atoms with van der Waals surface area (Å²) in [5.74, 6) is 2.79. The van der Waals surface area contributed by atoms with E-state index in [-0.39, 0.29) is 29.0 Å². The van der Waals surface area contributed by atoms with Crippen LogP contribution in [0.4, 0.5) is 0 Å². The molecule has 4 saturated carbocycles. The lowest BCUT2D eigenvalue weighted by Crippen LogP contribution is -2.58. The second kappa shape index (κ2) is 9.81. The first-order valence-corrected chi connectivity index (χ1v) is 14.8. The third kappa shape index (κ3) is 4.67. The molecule has 206 valence electrons. The minimum absolute atomic E-state index is 0.164. The molecule has 1 aliphatic heterocycles. The second-order valence-electron chi connectivity index (χ2n) is 14.2. The number of aliphatic hydroxyl groups excluding tert-OH is 3. The van der Waals surface area contributed by atoms with Crippen molar-refractivity contribution in [3.63, 3.8) is 0 Å². The molecule has 12 unspecified atom stereocenters. The van der Waals surface area contributed by atoms with Crippen LogP contribution < -0.4 is 0 Å². The minimum atomic E-state index is -0.854. The zero-order chi connectivity index (χ0) is 25.9. The van der Waals surface area contributed by atoms with Crippen molar-refractivity contribution in [3.8, 4) is 0 Å². The topological polar surface area (TPSA) is 96.2 Å². The van der Waals surface area contributed by atoms with Crippen LogP contribution in [0.25, 0.3) is 0 Å². The average Bonchev–Trinajstić information content (AvgIpc) is 3.15. The van der Waals surface area contributed by atoms with E-state index in [0.29, 0.717) is 61.4 Å². The van der Waals surface area contributed by atoms with Crippen LogP contribution in [-0.2, 0) is 14.3 Å². The molecule has 0 aromatic heterocycles. The third-order valence-electron chi connectivity index (χ3n) is 12.1. The highest BCUT2D eigenvalue weighted by Gasteiger charge is 2.62. The van der Waals surface area contributed by atoms with Gasteiger partial charge in [0.1, 0.15) is 5.60 Å². The molecule has 6 heteroatoms. The maximum atomic E-state index is 12.7. The van der Waals surface area contributed by atoms with Crippen LogP contribution in [0.2, 0.25) is 0 Å². The first-order chi connectivity index (χ1) is 16.9. The number of hydrogen-bond acceptors (Lipinski definition) is 6. The SMILES string of the molecule is CC(CCC(=O)OC1(C)CCOC(O)C1)C1CCC2C3C(O)CC4CC(O)CCC4(C)C3CCC12C. The molecule has 5 rings (SSSR count). The van der Waals surface area contributed by atoms with Crippen LogP contribution in [0.3, 0.4) is 0 Å². The van der Waals surface area contributed by atoms with E-state index in [4.69, 9.17) is 9.47 Å². The Morgan fingerprint density at radius 3 is 2.44 bits per heavy atom. The highest BCUT2D eigenvalue weighted by Crippen LogP contribution is 2.68. The third-order valence-corrected chi connectivity index (χ3v) is 12.1. The number of rotatable bonds is 5. The molecular formula is C30H50O6. The van der Waals surface area contributed by atoms with E-state index < -0.39 is 11.9 Å². The van der Waals surface area contributed by atoms with E-state index in [1.807, 2.05) is 6.92 Å². The van der Waals surface area contributed by atoms with Crippen LogP contribution >= 0.6 is 0 Å². The summed E-state index contributed by atoms with van der Waals surface area (Å²) in [6.45, 7) is 9.58. The lowest BCUT2D eigenvalue weighted by molar-refractivity contribution is -0.201. The predicted molar refractivity (Wildman–Crippen MR) is 137 cm³/mol. The number of esters is 1. The molecule has 0 bridgehead atoms. The van der Waals surface area contributed by atoms with Crippen molar-refractivity contribution in [3.05, 3.63) is 0 Å². The van der Waals surface area contributed by atoms with E-state index in [2.05, 4.69) is 20.8 Å². The number of fused-ring (bicyclic) bond motifs is 5. The van der Waals surface area contributed by atoms with Crippen molar-refractivity contribution in [1.82, 2.24) is 0 Å². The molecule has 1 saturated heterocycles. The maximum absolute atomic E-state index is 12.7. The second-order valence-corrected chi connectivity index (χ2v) is 14.2. The first kappa shape index (κ1) is 26.9. The fourth-order valence-corrected chi connectivity index (χ4v) is 10.1. The fourth-order valence-electron chi connectivity index (χ4n) is 10.1. The molecule has 5 fully saturated rings. The maximum Gasteiger partial charge on any atom is 0.306 e. The standard InChI is InChI=1S/C30H50O6/c1-18(5-8-25(33)36-28(2)13-14-35-26(34)17-28)21-6-7-22-27-23(10-12-30(21,22)4)29(3)11-9-20(31)15-19(29)16-24(27)32/h18-24,26-27,31-32,34H,5-17H2,1-4H3. The summed E-state index contributed by atoms with van der Waals surface area (Å²) < 4.78 is 11.0. The van der Waals surface area contributed by atoms with Gasteiger partial charge in [-0.25, -0.2) is 0 Å². The molecule has 0 aromatic carbocycles. The van der Waals surface area contributed by atoms with Gasteiger partial charge in [-0.15, -0.1) is 0 Å². The molecule has 4 aliphatic carbocycles. The number of carbonyl (C=O) groups excluding carboxylic acids is 1. The lowest BCUT2D eigenvalue weighted by Gasteiger charge is -2.62. The largest absolute Gasteiger partial charge is 0.459 e. The average molecular weight is 507 g/mol. The molecule has 0 radical (unpaired) electrons. The fraction of sp³-hybridized carbons (Fsp3) is 0.967. The van der Waals surface area contributed by atoms with Gasteiger partial charge >= 0.3 is 5.97 Å². The normalized spacial score (nSPS) is 51.5. The summed E-state index contributed by atoms with van der Waals surface area (Å²) in [4.78, 5) is 12.7.